The van der Waals surface area contributed by atoms with E-state index >= 15 is 0 Å². The van der Waals surface area contributed by atoms with E-state index in [-0.39, 0.29) is 16.2 Å². The summed E-state index contributed by atoms with van der Waals surface area (Å²) < 4.78 is 32.2. The van der Waals surface area contributed by atoms with Crippen molar-refractivity contribution in [1.82, 2.24) is 15.2 Å². The zero-order valence-corrected chi connectivity index (χ0v) is 17.5. The molecule has 28 heavy (non-hydrogen) atoms. The number of rotatable bonds is 5. The average molecular weight is 408 g/mol. The normalized spacial score (nSPS) is 23.0. The summed E-state index contributed by atoms with van der Waals surface area (Å²) in [5.74, 6) is 0.164. The first kappa shape index (κ1) is 20.8. The molecular weight excluding hydrogens is 378 g/mol. The monoisotopic (exact) mass is 407 g/mol. The van der Waals surface area contributed by atoms with Gasteiger partial charge in [0, 0.05) is 24.4 Å². The predicted molar refractivity (Wildman–Crippen MR) is 107 cm³/mol. The molecule has 1 aliphatic carbocycles. The molecule has 2 aliphatic rings. The van der Waals surface area contributed by atoms with Crippen LogP contribution in [0, 0.1) is 11.3 Å². The fraction of sp³-hybridized carbons (Fsp3) is 0.550. The van der Waals surface area contributed by atoms with Crippen LogP contribution in [-0.2, 0) is 14.8 Å². The van der Waals surface area contributed by atoms with Crippen LogP contribution in [0.15, 0.2) is 40.9 Å². The van der Waals surface area contributed by atoms with Gasteiger partial charge in [-0.05, 0) is 42.4 Å². The maximum absolute atomic E-state index is 12.8. The van der Waals surface area contributed by atoms with Crippen LogP contribution in [0.3, 0.4) is 0 Å². The van der Waals surface area contributed by atoms with Crippen LogP contribution in [-0.4, -0.2) is 44.9 Å². The summed E-state index contributed by atoms with van der Waals surface area (Å²) in [5.41, 5.74) is 7.07. The van der Waals surface area contributed by atoms with Gasteiger partial charge in [0.15, 0.2) is 0 Å². The van der Waals surface area contributed by atoms with Gasteiger partial charge in [0.1, 0.15) is 0 Å². The quantitative estimate of drug-likeness (QED) is 0.731. The van der Waals surface area contributed by atoms with Crippen molar-refractivity contribution in [3.8, 4) is 0 Å². The van der Waals surface area contributed by atoms with Gasteiger partial charge in [-0.2, -0.15) is 4.31 Å². The van der Waals surface area contributed by atoms with Gasteiger partial charge in [0.2, 0.25) is 10.0 Å². The van der Waals surface area contributed by atoms with Gasteiger partial charge in [-0.3, -0.25) is 10.2 Å². The Labute approximate surface area is 167 Å². The summed E-state index contributed by atoms with van der Waals surface area (Å²) in [6, 6.07) is 6.14. The molecule has 0 radical (unpaired) electrons. The van der Waals surface area contributed by atoms with Crippen LogP contribution in [0.1, 0.15) is 44.0 Å². The Morgan fingerprint density at radius 1 is 1.25 bits per heavy atom. The summed E-state index contributed by atoms with van der Waals surface area (Å²) in [5, 5.41) is 0. The molecule has 1 amide bonds. The summed E-state index contributed by atoms with van der Waals surface area (Å²) in [6.45, 7) is 7.95. The molecule has 154 valence electrons. The van der Waals surface area contributed by atoms with E-state index in [9.17, 15) is 13.2 Å². The number of hydrogen-bond donors (Lipinski definition) is 2. The Morgan fingerprint density at radius 2 is 1.96 bits per heavy atom. The molecule has 1 heterocycles. The largest absolute Gasteiger partial charge is 0.379 e. The van der Waals surface area contributed by atoms with E-state index < -0.39 is 10.0 Å². The summed E-state index contributed by atoms with van der Waals surface area (Å²) >= 11 is 0. The Balaban J connectivity index is 1.70. The number of amides is 1. The molecule has 1 fully saturated rings. The number of allylic oxidation sites excluding steroid dienone is 2. The van der Waals surface area contributed by atoms with Crippen molar-refractivity contribution >= 4 is 15.9 Å². The van der Waals surface area contributed by atoms with E-state index in [2.05, 4.69) is 37.7 Å². The Morgan fingerprint density at radius 3 is 2.64 bits per heavy atom. The number of sulfonamides is 1. The molecule has 1 saturated heterocycles. The van der Waals surface area contributed by atoms with Crippen LogP contribution in [0.2, 0.25) is 0 Å². The molecule has 0 aromatic heterocycles. The van der Waals surface area contributed by atoms with E-state index in [0.717, 1.165) is 18.5 Å². The van der Waals surface area contributed by atoms with Gasteiger partial charge in [0.05, 0.1) is 18.1 Å². The van der Waals surface area contributed by atoms with Crippen LogP contribution < -0.4 is 10.9 Å². The maximum Gasteiger partial charge on any atom is 0.269 e. The molecule has 8 heteroatoms. The SMILES string of the molecule is C[C@@H]1CC(NNC(=O)c2cccc(S(=O)(=O)N3CCOCC3)c2)=CC(C)(C)C1. The van der Waals surface area contributed by atoms with E-state index in [1.165, 1.54) is 16.4 Å². The Kier molecular flexibility index (Phi) is 6.12. The number of benzene rings is 1. The molecule has 7 nitrogen and oxygen atoms in total. The second-order valence-corrected chi connectivity index (χ2v) is 10.2. The van der Waals surface area contributed by atoms with Gasteiger partial charge in [-0.15, -0.1) is 0 Å². The lowest BCUT2D eigenvalue weighted by atomic mass is 9.76. The number of nitrogens with one attached hydrogen (secondary N) is 2. The van der Waals surface area contributed by atoms with Crippen molar-refractivity contribution in [3.05, 3.63) is 41.6 Å². The summed E-state index contributed by atoms with van der Waals surface area (Å²) in [6.07, 6.45) is 4.12. The smallest absolute Gasteiger partial charge is 0.269 e. The standard InChI is InChI=1S/C20H29N3O4S/c1-15-11-17(14-20(2,3)13-15)21-22-19(24)16-5-4-6-18(12-16)28(25,26)23-7-9-27-10-8-23/h4-6,12,14-15,21H,7-11,13H2,1-3H3,(H,22,24)/t15-/m1/s1. The van der Waals surface area contributed by atoms with Gasteiger partial charge in [0.25, 0.3) is 5.91 Å². The summed E-state index contributed by atoms with van der Waals surface area (Å²) in [7, 11) is -3.63. The molecule has 3 rings (SSSR count). The van der Waals surface area contributed by atoms with Crippen LogP contribution >= 0.6 is 0 Å². The number of carbonyl (C=O) groups is 1. The second kappa shape index (κ2) is 8.23. The molecule has 1 aromatic rings. The third kappa shape index (κ3) is 4.92. The lowest BCUT2D eigenvalue weighted by molar-refractivity contribution is 0.0730. The highest BCUT2D eigenvalue weighted by molar-refractivity contribution is 7.89. The van der Waals surface area contributed by atoms with Crippen molar-refractivity contribution in [2.24, 2.45) is 11.3 Å². The molecule has 0 saturated carbocycles. The van der Waals surface area contributed by atoms with E-state index in [1.807, 2.05) is 0 Å². The van der Waals surface area contributed by atoms with Crippen LogP contribution in [0.25, 0.3) is 0 Å². The van der Waals surface area contributed by atoms with Gasteiger partial charge >= 0.3 is 0 Å². The minimum Gasteiger partial charge on any atom is -0.379 e. The first-order valence-electron chi connectivity index (χ1n) is 9.63. The minimum absolute atomic E-state index is 0.0802. The molecular formula is C20H29N3O4S. The fourth-order valence-electron chi connectivity index (χ4n) is 3.97. The molecule has 1 aliphatic heterocycles. The van der Waals surface area contributed by atoms with Crippen molar-refractivity contribution in [2.45, 2.75) is 38.5 Å². The predicted octanol–water partition coefficient (Wildman–Crippen LogP) is 2.28. The number of morpholine rings is 1. The number of nitrogens with zero attached hydrogens (tertiary/aromatic N) is 1. The summed E-state index contributed by atoms with van der Waals surface area (Å²) in [4.78, 5) is 12.7. The van der Waals surface area contributed by atoms with E-state index in [4.69, 9.17) is 4.74 Å². The molecule has 0 spiro atoms. The molecule has 1 aromatic carbocycles. The molecule has 2 N–H and O–H groups in total. The number of carbonyl (C=O) groups excluding carboxylic acids is 1. The zero-order chi connectivity index (χ0) is 20.4. The van der Waals surface area contributed by atoms with Gasteiger partial charge in [-0.1, -0.05) is 32.9 Å². The topological polar surface area (TPSA) is 87.7 Å². The average Bonchev–Trinajstić information content (AvgIpc) is 2.65. The molecule has 1 atom stereocenters. The van der Waals surface area contributed by atoms with Gasteiger partial charge in [-0.25, -0.2) is 8.42 Å². The van der Waals surface area contributed by atoms with Crippen molar-refractivity contribution in [1.29, 1.82) is 0 Å². The van der Waals surface area contributed by atoms with Crippen molar-refractivity contribution in [3.63, 3.8) is 0 Å². The van der Waals surface area contributed by atoms with Crippen LogP contribution in [0.5, 0.6) is 0 Å². The third-order valence-electron chi connectivity index (χ3n) is 5.05. The fourth-order valence-corrected chi connectivity index (χ4v) is 5.42. The van der Waals surface area contributed by atoms with Gasteiger partial charge < -0.3 is 10.2 Å². The lowest BCUT2D eigenvalue weighted by Crippen LogP contribution is -2.41. The molecule has 0 unspecified atom stereocenters. The Bertz CT molecular complexity index is 858. The van der Waals surface area contributed by atoms with E-state index in [1.54, 1.807) is 12.1 Å². The third-order valence-corrected chi connectivity index (χ3v) is 6.94. The van der Waals surface area contributed by atoms with Crippen LogP contribution in [0.4, 0.5) is 0 Å². The zero-order valence-electron chi connectivity index (χ0n) is 16.7. The van der Waals surface area contributed by atoms with Crippen molar-refractivity contribution < 1.29 is 17.9 Å². The highest BCUT2D eigenvalue weighted by atomic mass is 32.2. The molecule has 0 bridgehead atoms. The first-order valence-corrected chi connectivity index (χ1v) is 11.1. The number of hydrazine groups is 1. The lowest BCUT2D eigenvalue weighted by Gasteiger charge is -2.32. The Hall–Kier alpha value is -1.90. The highest BCUT2D eigenvalue weighted by Crippen LogP contribution is 2.35. The second-order valence-electron chi connectivity index (χ2n) is 8.29. The number of hydrogen-bond acceptors (Lipinski definition) is 5. The van der Waals surface area contributed by atoms with E-state index in [0.29, 0.717) is 37.8 Å². The van der Waals surface area contributed by atoms with Crippen molar-refractivity contribution in [2.75, 3.05) is 26.3 Å². The first-order chi connectivity index (χ1) is 13.2. The maximum atomic E-state index is 12.8. The highest BCUT2D eigenvalue weighted by Gasteiger charge is 2.27. The minimum atomic E-state index is -3.63. The number of ether oxygens (including phenoxy) is 1.